The Hall–Kier alpha value is -0.440. The highest BCUT2D eigenvalue weighted by atomic mass is 32.1. The van der Waals surface area contributed by atoms with Gasteiger partial charge in [0.05, 0.1) is 5.12 Å². The Labute approximate surface area is 34.6 Å². The van der Waals surface area contributed by atoms with E-state index in [1.807, 2.05) is 0 Å². The lowest BCUT2D eigenvalue weighted by Gasteiger charge is -1.80. The molecule has 0 rings (SSSR count). The van der Waals surface area contributed by atoms with Crippen LogP contribution in [0.25, 0.3) is 0 Å². The molecule has 0 N–H and O–H groups in total. The van der Waals surface area contributed by atoms with Crippen molar-refractivity contribution in [1.82, 2.24) is 0 Å². The summed E-state index contributed by atoms with van der Waals surface area (Å²) in [5.41, 5.74) is 0. The second kappa shape index (κ2) is 1.84. The molecule has 0 unspecified atom stereocenters. The Kier molecular flexibility index (Phi) is 1.68. The van der Waals surface area contributed by atoms with Gasteiger partial charge in [0, 0.05) is 0 Å². The Morgan fingerprint density at radius 3 is 2.00 bits per heavy atom. The van der Waals surface area contributed by atoms with E-state index in [0.717, 1.165) is 0 Å². The molecular formula is C2HO2S-. The van der Waals surface area contributed by atoms with E-state index >= 15 is 0 Å². The maximum absolute atomic E-state index is 9.26. The largest absolute Gasteiger partial charge is 0.734 e. The molecule has 3 heteroatoms. The number of hydrogen-bond donors (Lipinski definition) is 0. The average molecular weight is 89.1 g/mol. The topological polar surface area (TPSA) is 34.1 Å². The zero-order valence-corrected chi connectivity index (χ0v) is 3.12. The second-order valence-corrected chi connectivity index (χ2v) is 0.839. The maximum atomic E-state index is 9.26. The summed E-state index contributed by atoms with van der Waals surface area (Å²) in [7, 11) is 0. The first-order valence-electron chi connectivity index (χ1n) is 0.933. The predicted molar refractivity (Wildman–Crippen MR) is 18.4 cm³/mol. The molecule has 0 aliphatic heterocycles. The van der Waals surface area contributed by atoms with Crippen LogP contribution in [-0.2, 0) is 22.2 Å². The van der Waals surface area contributed by atoms with Crippen molar-refractivity contribution in [2.24, 2.45) is 0 Å². The van der Waals surface area contributed by atoms with Crippen molar-refractivity contribution >= 4 is 24.0 Å². The molecule has 0 atom stereocenters. The third-order valence-corrected chi connectivity index (χ3v) is 0.192. The van der Waals surface area contributed by atoms with Crippen molar-refractivity contribution in [3.8, 4) is 0 Å². The molecule has 0 spiro atoms. The Morgan fingerprint density at radius 1 is 1.80 bits per heavy atom. The molecule has 0 aromatic carbocycles. The quantitative estimate of drug-likeness (QED) is 0.241. The zero-order valence-electron chi connectivity index (χ0n) is 2.30. The smallest absolute Gasteiger partial charge is 0.162 e. The number of carbonyl (C=O) groups excluding carboxylic acids is 2. The summed E-state index contributed by atoms with van der Waals surface area (Å²) < 4.78 is 0. The fraction of sp³-hybridized carbons (Fsp3) is 0. The van der Waals surface area contributed by atoms with E-state index in [0.29, 0.717) is 0 Å². The monoisotopic (exact) mass is 89.0 g/mol. The number of carbonyl (C=O) groups is 2. The van der Waals surface area contributed by atoms with Gasteiger partial charge in [0.15, 0.2) is 6.29 Å². The molecule has 0 radical (unpaired) electrons. The summed E-state index contributed by atoms with van der Waals surface area (Å²) >= 11 is 3.77. The minimum absolute atomic E-state index is 0.0926. The highest BCUT2D eigenvalue weighted by molar-refractivity contribution is 7.79. The molecule has 0 heterocycles. The van der Waals surface area contributed by atoms with Crippen LogP contribution in [0.3, 0.4) is 0 Å². The standard InChI is InChI=1S/C2H2O2S/c3-1-2(4)5/h1H,(H,4,5)/p-1. The van der Waals surface area contributed by atoms with Crippen molar-refractivity contribution in [3.05, 3.63) is 0 Å². The first-order valence-corrected chi connectivity index (χ1v) is 1.34. The molecule has 5 heavy (non-hydrogen) atoms. The van der Waals surface area contributed by atoms with Gasteiger partial charge in [0.2, 0.25) is 0 Å². The van der Waals surface area contributed by atoms with Crippen molar-refractivity contribution in [3.63, 3.8) is 0 Å². The van der Waals surface area contributed by atoms with Gasteiger partial charge in [-0.05, 0) is 0 Å². The van der Waals surface area contributed by atoms with Crippen molar-refractivity contribution in [2.75, 3.05) is 0 Å². The molecule has 0 aromatic heterocycles. The Balaban J connectivity index is 3.20. The van der Waals surface area contributed by atoms with Gasteiger partial charge < -0.3 is 17.4 Å². The van der Waals surface area contributed by atoms with Gasteiger partial charge in [-0.2, -0.15) is 0 Å². The Morgan fingerprint density at radius 2 is 2.00 bits per heavy atom. The molecular weight excluding hydrogens is 88.1 g/mol. The minimum Gasteiger partial charge on any atom is -0.734 e. The summed E-state index contributed by atoms with van der Waals surface area (Å²) in [5.74, 6) is 0. The van der Waals surface area contributed by atoms with Crippen LogP contribution in [-0.4, -0.2) is 11.4 Å². The Bertz CT molecular complexity index is 58.7. The van der Waals surface area contributed by atoms with Crippen LogP contribution in [0.4, 0.5) is 0 Å². The molecule has 0 amide bonds. The fourth-order valence-electron chi connectivity index (χ4n) is 0. The van der Waals surface area contributed by atoms with Crippen molar-refractivity contribution in [2.45, 2.75) is 0 Å². The van der Waals surface area contributed by atoms with Gasteiger partial charge in [-0.1, -0.05) is 0 Å². The van der Waals surface area contributed by atoms with E-state index in [1.165, 1.54) is 0 Å². The van der Waals surface area contributed by atoms with Gasteiger partial charge in [-0.15, -0.1) is 0 Å². The molecule has 0 saturated carbocycles. The second-order valence-electron chi connectivity index (χ2n) is 0.437. The first kappa shape index (κ1) is 4.56. The van der Waals surface area contributed by atoms with Crippen LogP contribution >= 0.6 is 0 Å². The first-order chi connectivity index (χ1) is 2.27. The highest BCUT2D eigenvalue weighted by Crippen LogP contribution is 1.44. The number of aldehydes is 1. The average Bonchev–Trinajstić information content (AvgIpc) is 1.38. The maximum Gasteiger partial charge on any atom is 0.162 e. The molecule has 28 valence electrons. The summed E-state index contributed by atoms with van der Waals surface area (Å²) in [5, 5.41) is -0.843. The van der Waals surface area contributed by atoms with Crippen LogP contribution in [0.2, 0.25) is 0 Å². The van der Waals surface area contributed by atoms with Gasteiger partial charge in [-0.3, -0.25) is 4.79 Å². The van der Waals surface area contributed by atoms with Crippen LogP contribution in [0.5, 0.6) is 0 Å². The van der Waals surface area contributed by atoms with Crippen molar-refractivity contribution in [1.29, 1.82) is 0 Å². The van der Waals surface area contributed by atoms with Gasteiger partial charge in [0.25, 0.3) is 0 Å². The van der Waals surface area contributed by atoms with E-state index in [-0.39, 0.29) is 6.29 Å². The lowest BCUT2D eigenvalue weighted by atomic mass is 10.9. The van der Waals surface area contributed by atoms with E-state index < -0.39 is 5.12 Å². The predicted octanol–water partition coefficient (Wildman–Crippen LogP) is -0.741. The van der Waals surface area contributed by atoms with E-state index in [2.05, 4.69) is 12.6 Å². The number of rotatable bonds is 1. The number of hydrogen-bond acceptors (Lipinski definition) is 3. The van der Waals surface area contributed by atoms with Crippen LogP contribution in [0.15, 0.2) is 0 Å². The lowest BCUT2D eigenvalue weighted by molar-refractivity contribution is -0.124. The minimum atomic E-state index is -0.843. The molecule has 0 saturated heterocycles. The van der Waals surface area contributed by atoms with Crippen LogP contribution in [0, 0.1) is 0 Å². The third kappa shape index (κ3) is 3.56. The van der Waals surface area contributed by atoms with Gasteiger partial charge in [-0.25, -0.2) is 0 Å². The zero-order chi connectivity index (χ0) is 4.28. The summed E-state index contributed by atoms with van der Waals surface area (Å²) in [6.45, 7) is 0. The molecule has 0 aliphatic rings. The molecule has 0 aromatic rings. The lowest BCUT2D eigenvalue weighted by Crippen LogP contribution is -1.87. The molecule has 0 bridgehead atoms. The fourth-order valence-corrected chi connectivity index (χ4v) is 0. The van der Waals surface area contributed by atoms with E-state index in [1.54, 1.807) is 0 Å². The normalized spacial score (nSPS) is 6.40. The van der Waals surface area contributed by atoms with Crippen LogP contribution < -0.4 is 0 Å². The van der Waals surface area contributed by atoms with E-state index in [9.17, 15) is 4.79 Å². The third-order valence-electron chi connectivity index (χ3n) is 0.0962. The van der Waals surface area contributed by atoms with Crippen molar-refractivity contribution < 1.29 is 9.59 Å². The SMILES string of the molecule is O=CC(=O)[S-]. The molecule has 0 aliphatic carbocycles. The summed E-state index contributed by atoms with van der Waals surface area (Å²) in [6.07, 6.45) is 0.0926. The summed E-state index contributed by atoms with van der Waals surface area (Å²) in [6, 6.07) is 0. The highest BCUT2D eigenvalue weighted by Gasteiger charge is 1.61. The molecule has 2 nitrogen and oxygen atoms in total. The van der Waals surface area contributed by atoms with Gasteiger partial charge in [0.1, 0.15) is 0 Å². The summed E-state index contributed by atoms with van der Waals surface area (Å²) in [4.78, 5) is 18.3. The van der Waals surface area contributed by atoms with E-state index in [4.69, 9.17) is 4.79 Å². The van der Waals surface area contributed by atoms with Crippen LogP contribution in [0.1, 0.15) is 0 Å². The molecule has 0 fully saturated rings. The van der Waals surface area contributed by atoms with Gasteiger partial charge >= 0.3 is 0 Å².